The average Bonchev–Trinajstić information content (AvgIpc) is 3.03. The maximum absolute atomic E-state index is 6.21. The Labute approximate surface area is 128 Å². The fraction of sp³-hybridized carbons (Fsp3) is 0.667. The Balaban J connectivity index is 1.76. The molecule has 0 amide bonds. The number of hydrogen-bond acceptors (Lipinski definition) is 1. The zero-order chi connectivity index (χ0) is 14.1. The summed E-state index contributed by atoms with van der Waals surface area (Å²) in [5.74, 6) is 2.96. The first-order valence-corrected chi connectivity index (χ1v) is 8.54. The molecule has 2 bridgehead atoms. The lowest BCUT2D eigenvalue weighted by atomic mass is 9.82. The van der Waals surface area contributed by atoms with Crippen LogP contribution >= 0.6 is 11.6 Å². The predicted molar refractivity (Wildman–Crippen MR) is 86.2 cm³/mol. The van der Waals surface area contributed by atoms with Gasteiger partial charge in [-0.15, -0.1) is 0 Å². The van der Waals surface area contributed by atoms with Crippen molar-refractivity contribution in [3.8, 4) is 0 Å². The maximum atomic E-state index is 6.21. The van der Waals surface area contributed by atoms with Gasteiger partial charge in [0.25, 0.3) is 0 Å². The van der Waals surface area contributed by atoms with E-state index >= 15 is 0 Å². The molecule has 0 spiro atoms. The second-order valence-corrected chi connectivity index (χ2v) is 7.22. The first-order chi connectivity index (χ1) is 9.67. The van der Waals surface area contributed by atoms with Gasteiger partial charge in [0.2, 0.25) is 0 Å². The summed E-state index contributed by atoms with van der Waals surface area (Å²) in [6.45, 7) is 5.43. The van der Waals surface area contributed by atoms with E-state index in [1.165, 1.54) is 43.2 Å². The van der Waals surface area contributed by atoms with Crippen molar-refractivity contribution in [3.63, 3.8) is 0 Å². The average molecular weight is 292 g/mol. The van der Waals surface area contributed by atoms with E-state index in [1.54, 1.807) is 0 Å². The van der Waals surface area contributed by atoms with Gasteiger partial charge in [-0.05, 0) is 80.2 Å². The van der Waals surface area contributed by atoms with Crippen molar-refractivity contribution in [1.82, 2.24) is 5.32 Å². The monoisotopic (exact) mass is 291 g/mol. The lowest BCUT2D eigenvalue weighted by molar-refractivity contribution is 0.280. The van der Waals surface area contributed by atoms with Crippen LogP contribution in [-0.4, -0.2) is 6.54 Å². The zero-order valence-electron chi connectivity index (χ0n) is 12.7. The minimum Gasteiger partial charge on any atom is -0.310 e. The molecule has 1 aromatic carbocycles. The van der Waals surface area contributed by atoms with Crippen LogP contribution in [0.4, 0.5) is 0 Å². The molecule has 4 unspecified atom stereocenters. The Morgan fingerprint density at radius 1 is 1.30 bits per heavy atom. The Morgan fingerprint density at radius 2 is 2.15 bits per heavy atom. The van der Waals surface area contributed by atoms with Crippen molar-refractivity contribution in [3.05, 3.63) is 34.3 Å². The summed E-state index contributed by atoms with van der Waals surface area (Å²) in [5, 5.41) is 4.56. The highest BCUT2D eigenvalue weighted by Gasteiger charge is 2.40. The Kier molecular flexibility index (Phi) is 4.37. The van der Waals surface area contributed by atoms with E-state index in [2.05, 4.69) is 31.3 Å². The third-order valence-electron chi connectivity index (χ3n) is 5.49. The smallest absolute Gasteiger partial charge is 0.0409 e. The van der Waals surface area contributed by atoms with E-state index in [0.29, 0.717) is 6.04 Å². The van der Waals surface area contributed by atoms with Crippen LogP contribution in [0.3, 0.4) is 0 Å². The van der Waals surface area contributed by atoms with Crippen LogP contribution in [0.5, 0.6) is 0 Å². The first kappa shape index (κ1) is 14.4. The van der Waals surface area contributed by atoms with E-state index in [4.69, 9.17) is 11.6 Å². The molecule has 2 fully saturated rings. The van der Waals surface area contributed by atoms with Crippen LogP contribution in [0.1, 0.15) is 56.2 Å². The molecule has 0 aliphatic heterocycles. The van der Waals surface area contributed by atoms with Gasteiger partial charge in [0, 0.05) is 11.1 Å². The predicted octanol–water partition coefficient (Wildman–Crippen LogP) is 5.13. The Bertz CT molecular complexity index is 470. The van der Waals surface area contributed by atoms with E-state index < -0.39 is 0 Å². The standard InChI is InChI=1S/C18H26ClN/c1-3-20-18(17-11-16(19)7-4-12(17)2)10-15-9-13-5-6-14(15)8-13/h4,7,11,13-15,18,20H,3,5-6,8-10H2,1-2H3. The normalized spacial score (nSPS) is 29.9. The molecule has 2 aliphatic rings. The van der Waals surface area contributed by atoms with Crippen LogP contribution in [0.25, 0.3) is 0 Å². The molecule has 2 heteroatoms. The summed E-state index contributed by atoms with van der Waals surface area (Å²) in [4.78, 5) is 0. The largest absolute Gasteiger partial charge is 0.310 e. The van der Waals surface area contributed by atoms with Crippen molar-refractivity contribution in [2.45, 2.75) is 52.0 Å². The van der Waals surface area contributed by atoms with Crippen molar-refractivity contribution in [1.29, 1.82) is 0 Å². The molecule has 110 valence electrons. The van der Waals surface area contributed by atoms with Gasteiger partial charge in [-0.3, -0.25) is 0 Å². The van der Waals surface area contributed by atoms with E-state index in [1.807, 2.05) is 6.07 Å². The summed E-state index contributed by atoms with van der Waals surface area (Å²) in [6.07, 6.45) is 7.21. The minimum absolute atomic E-state index is 0.475. The van der Waals surface area contributed by atoms with Crippen LogP contribution in [0.2, 0.25) is 5.02 Å². The molecular weight excluding hydrogens is 266 g/mol. The molecule has 1 nitrogen and oxygen atoms in total. The quantitative estimate of drug-likeness (QED) is 0.793. The van der Waals surface area contributed by atoms with Gasteiger partial charge in [0.05, 0.1) is 0 Å². The summed E-state index contributed by atoms with van der Waals surface area (Å²) in [5.41, 5.74) is 2.77. The number of nitrogens with one attached hydrogen (secondary N) is 1. The van der Waals surface area contributed by atoms with Crippen LogP contribution in [0, 0.1) is 24.7 Å². The molecule has 0 aromatic heterocycles. The van der Waals surface area contributed by atoms with Gasteiger partial charge in [-0.25, -0.2) is 0 Å². The molecule has 1 aromatic rings. The van der Waals surface area contributed by atoms with Crippen molar-refractivity contribution >= 4 is 11.6 Å². The lowest BCUT2D eigenvalue weighted by Crippen LogP contribution is -2.26. The highest BCUT2D eigenvalue weighted by atomic mass is 35.5. The van der Waals surface area contributed by atoms with E-state index in [-0.39, 0.29) is 0 Å². The third kappa shape index (κ3) is 2.89. The number of aryl methyl sites for hydroxylation is 1. The van der Waals surface area contributed by atoms with Crippen LogP contribution in [-0.2, 0) is 0 Å². The first-order valence-electron chi connectivity index (χ1n) is 8.16. The van der Waals surface area contributed by atoms with Gasteiger partial charge in [0.15, 0.2) is 0 Å². The summed E-state index contributed by atoms with van der Waals surface area (Å²) in [7, 11) is 0. The molecule has 0 saturated heterocycles. The van der Waals surface area contributed by atoms with Crippen molar-refractivity contribution in [2.75, 3.05) is 6.54 Å². The summed E-state index contributed by atoms with van der Waals surface area (Å²) >= 11 is 6.21. The number of fused-ring (bicyclic) bond motifs is 2. The molecule has 2 saturated carbocycles. The Hall–Kier alpha value is -0.530. The van der Waals surface area contributed by atoms with Crippen LogP contribution < -0.4 is 5.32 Å². The van der Waals surface area contributed by atoms with E-state index in [9.17, 15) is 0 Å². The molecule has 3 rings (SSSR count). The molecule has 0 radical (unpaired) electrons. The maximum Gasteiger partial charge on any atom is 0.0409 e. The molecule has 20 heavy (non-hydrogen) atoms. The topological polar surface area (TPSA) is 12.0 Å². The van der Waals surface area contributed by atoms with Crippen molar-refractivity contribution < 1.29 is 0 Å². The number of benzene rings is 1. The summed E-state index contributed by atoms with van der Waals surface area (Å²) in [6, 6.07) is 6.80. The van der Waals surface area contributed by atoms with Gasteiger partial charge in [-0.2, -0.15) is 0 Å². The summed E-state index contributed by atoms with van der Waals surface area (Å²) < 4.78 is 0. The number of hydrogen-bond donors (Lipinski definition) is 1. The highest BCUT2D eigenvalue weighted by molar-refractivity contribution is 6.30. The highest BCUT2D eigenvalue weighted by Crippen LogP contribution is 2.51. The molecule has 2 aliphatic carbocycles. The van der Waals surface area contributed by atoms with Crippen molar-refractivity contribution in [2.24, 2.45) is 17.8 Å². The van der Waals surface area contributed by atoms with Gasteiger partial charge >= 0.3 is 0 Å². The van der Waals surface area contributed by atoms with E-state index in [0.717, 1.165) is 29.3 Å². The third-order valence-corrected chi connectivity index (χ3v) is 5.73. The molecule has 4 atom stereocenters. The lowest BCUT2D eigenvalue weighted by Gasteiger charge is -2.28. The fourth-order valence-electron chi connectivity index (χ4n) is 4.52. The SMILES string of the molecule is CCNC(CC1CC2CCC1C2)c1cc(Cl)ccc1C. The van der Waals surface area contributed by atoms with Crippen LogP contribution in [0.15, 0.2) is 18.2 Å². The molecule has 1 N–H and O–H groups in total. The van der Waals surface area contributed by atoms with Gasteiger partial charge in [0.1, 0.15) is 0 Å². The van der Waals surface area contributed by atoms with Gasteiger partial charge in [-0.1, -0.05) is 31.0 Å². The second-order valence-electron chi connectivity index (χ2n) is 6.78. The fourth-order valence-corrected chi connectivity index (χ4v) is 4.70. The number of halogens is 1. The molecule has 0 heterocycles. The molecular formula is C18H26ClN. The number of rotatable bonds is 5. The zero-order valence-corrected chi connectivity index (χ0v) is 13.4. The Morgan fingerprint density at radius 3 is 2.80 bits per heavy atom. The minimum atomic E-state index is 0.475. The van der Waals surface area contributed by atoms with Gasteiger partial charge < -0.3 is 5.32 Å². The second kappa shape index (κ2) is 6.07.